The molecule has 0 aliphatic heterocycles. The van der Waals surface area contributed by atoms with Crippen LogP contribution in [0.1, 0.15) is 425 Å². The number of carbonyl (C=O) groups is 2. The third kappa shape index (κ3) is 67.5. The zero-order chi connectivity index (χ0) is 59.2. The average molecular weight is 1160 g/mol. The molecule has 3 N–H and O–H groups in total. The molecule has 0 aromatic heterocycles. The Morgan fingerprint density at radius 1 is 0.341 bits per heavy atom. The Balaban J connectivity index is 3.38. The number of amides is 1. The minimum atomic E-state index is -0.665. The lowest BCUT2D eigenvalue weighted by molar-refractivity contribution is -0.143. The minimum Gasteiger partial charge on any atom is -0.466 e. The first-order valence-corrected chi connectivity index (χ1v) is 37.6. The van der Waals surface area contributed by atoms with Crippen LogP contribution in [-0.2, 0) is 14.3 Å². The largest absolute Gasteiger partial charge is 0.466 e. The summed E-state index contributed by atoms with van der Waals surface area (Å²) in [6, 6.07) is -0.543. The Kier molecular flexibility index (Phi) is 70.4. The standard InChI is InChI=1S/C76H147NO5/c1-3-5-7-9-11-13-15-17-19-21-36-40-44-48-52-56-60-64-68-74(79)73(72-78)77-75(80)69-65-61-57-53-49-45-41-37-34-32-30-28-26-24-23-25-27-29-31-33-35-39-43-47-51-55-59-63-67-71-82-76(81)70-66-62-58-54-50-46-42-38-22-20-18-16-14-12-10-8-6-4-2/h23,25,29,31,73-74,78-79H,3-22,24,26-28,30,32-72H2,1-2H3,(H,77,80)/b25-23-,31-29-. The Morgan fingerprint density at radius 2 is 0.610 bits per heavy atom. The summed E-state index contributed by atoms with van der Waals surface area (Å²) in [5.74, 6) is -0.0145. The first kappa shape index (κ1) is 80.3. The first-order valence-electron chi connectivity index (χ1n) is 37.6. The number of nitrogens with one attached hydrogen (secondary N) is 1. The van der Waals surface area contributed by atoms with E-state index in [0.717, 1.165) is 44.9 Å². The van der Waals surface area contributed by atoms with Crippen LogP contribution in [0.4, 0.5) is 0 Å². The molecule has 0 aliphatic rings. The van der Waals surface area contributed by atoms with Crippen LogP contribution in [0.5, 0.6) is 0 Å². The smallest absolute Gasteiger partial charge is 0.305 e. The monoisotopic (exact) mass is 1150 g/mol. The summed E-state index contributed by atoms with van der Waals surface area (Å²) in [5, 5.41) is 23.4. The van der Waals surface area contributed by atoms with E-state index in [0.29, 0.717) is 25.9 Å². The van der Waals surface area contributed by atoms with Gasteiger partial charge in [-0.2, -0.15) is 0 Å². The van der Waals surface area contributed by atoms with Crippen LogP contribution in [0.3, 0.4) is 0 Å². The molecule has 0 bridgehead atoms. The van der Waals surface area contributed by atoms with Gasteiger partial charge in [0.2, 0.25) is 5.91 Å². The summed E-state index contributed by atoms with van der Waals surface area (Å²) >= 11 is 0. The number of aliphatic hydroxyl groups is 2. The van der Waals surface area contributed by atoms with E-state index >= 15 is 0 Å². The van der Waals surface area contributed by atoms with Gasteiger partial charge in [0.15, 0.2) is 0 Å². The number of hydrogen-bond donors (Lipinski definition) is 3. The van der Waals surface area contributed by atoms with Crippen LogP contribution in [-0.4, -0.2) is 47.4 Å². The fourth-order valence-corrected chi connectivity index (χ4v) is 12.0. The summed E-state index contributed by atoms with van der Waals surface area (Å²) in [6.07, 6.45) is 91.0. The highest BCUT2D eigenvalue weighted by Gasteiger charge is 2.20. The Morgan fingerprint density at radius 3 is 0.927 bits per heavy atom. The van der Waals surface area contributed by atoms with E-state index in [2.05, 4.69) is 43.5 Å². The van der Waals surface area contributed by atoms with Gasteiger partial charge in [-0.1, -0.05) is 378 Å². The highest BCUT2D eigenvalue weighted by molar-refractivity contribution is 5.76. The second kappa shape index (κ2) is 71.8. The molecule has 6 nitrogen and oxygen atoms in total. The molecule has 0 fully saturated rings. The molecule has 486 valence electrons. The molecule has 2 atom stereocenters. The van der Waals surface area contributed by atoms with Gasteiger partial charge < -0.3 is 20.3 Å². The lowest BCUT2D eigenvalue weighted by Crippen LogP contribution is -2.45. The molecule has 0 spiro atoms. The minimum absolute atomic E-state index is 0.0174. The molecule has 0 saturated carbocycles. The predicted octanol–water partition coefficient (Wildman–Crippen LogP) is 24.5. The average Bonchev–Trinajstić information content (AvgIpc) is 3.48. The lowest BCUT2D eigenvalue weighted by Gasteiger charge is -2.22. The van der Waals surface area contributed by atoms with Crippen molar-refractivity contribution in [2.45, 2.75) is 437 Å². The molecule has 0 aromatic carbocycles. The van der Waals surface area contributed by atoms with E-state index in [9.17, 15) is 19.8 Å². The van der Waals surface area contributed by atoms with E-state index in [4.69, 9.17) is 4.74 Å². The summed E-state index contributed by atoms with van der Waals surface area (Å²) in [6.45, 7) is 5.00. The van der Waals surface area contributed by atoms with Crippen LogP contribution in [0.15, 0.2) is 24.3 Å². The van der Waals surface area contributed by atoms with E-state index < -0.39 is 12.1 Å². The summed E-state index contributed by atoms with van der Waals surface area (Å²) in [7, 11) is 0. The van der Waals surface area contributed by atoms with Crippen molar-refractivity contribution in [2.75, 3.05) is 13.2 Å². The fourth-order valence-electron chi connectivity index (χ4n) is 12.0. The second-order valence-electron chi connectivity index (χ2n) is 26.0. The summed E-state index contributed by atoms with van der Waals surface area (Å²) < 4.78 is 5.51. The Bertz CT molecular complexity index is 1280. The molecule has 0 aromatic rings. The predicted molar refractivity (Wildman–Crippen MR) is 361 cm³/mol. The van der Waals surface area contributed by atoms with Crippen molar-refractivity contribution in [1.82, 2.24) is 5.32 Å². The van der Waals surface area contributed by atoms with Crippen LogP contribution < -0.4 is 5.32 Å². The fraction of sp³-hybridized carbons (Fsp3) is 0.921. The van der Waals surface area contributed by atoms with Crippen molar-refractivity contribution in [2.24, 2.45) is 0 Å². The number of esters is 1. The van der Waals surface area contributed by atoms with E-state index in [1.807, 2.05) is 0 Å². The highest BCUT2D eigenvalue weighted by atomic mass is 16.5. The topological polar surface area (TPSA) is 95.9 Å². The van der Waals surface area contributed by atoms with E-state index in [1.54, 1.807) is 0 Å². The van der Waals surface area contributed by atoms with E-state index in [1.165, 1.54) is 347 Å². The number of carbonyl (C=O) groups excluding carboxylic acids is 2. The summed E-state index contributed by atoms with van der Waals surface area (Å²) in [4.78, 5) is 24.6. The normalized spacial score (nSPS) is 12.6. The zero-order valence-electron chi connectivity index (χ0n) is 55.8. The van der Waals surface area contributed by atoms with Crippen LogP contribution >= 0.6 is 0 Å². The molecule has 0 radical (unpaired) electrons. The van der Waals surface area contributed by atoms with E-state index in [-0.39, 0.29) is 18.5 Å². The number of unbranched alkanes of at least 4 members (excludes halogenated alkanes) is 56. The van der Waals surface area contributed by atoms with Crippen molar-refractivity contribution in [3.05, 3.63) is 24.3 Å². The number of rotatable bonds is 71. The van der Waals surface area contributed by atoms with Crippen LogP contribution in [0, 0.1) is 0 Å². The van der Waals surface area contributed by atoms with Gasteiger partial charge in [0.25, 0.3) is 0 Å². The molecule has 0 saturated heterocycles. The molecule has 82 heavy (non-hydrogen) atoms. The van der Waals surface area contributed by atoms with Gasteiger partial charge in [-0.15, -0.1) is 0 Å². The lowest BCUT2D eigenvalue weighted by atomic mass is 10.0. The number of ether oxygens (including phenoxy) is 1. The first-order chi connectivity index (χ1) is 40.5. The number of aliphatic hydroxyl groups excluding tert-OH is 2. The molecule has 2 unspecified atom stereocenters. The molecule has 0 heterocycles. The maximum atomic E-state index is 12.5. The maximum Gasteiger partial charge on any atom is 0.305 e. The van der Waals surface area contributed by atoms with Gasteiger partial charge in [-0.25, -0.2) is 0 Å². The van der Waals surface area contributed by atoms with Gasteiger partial charge in [0.1, 0.15) is 0 Å². The molecular weight excluding hydrogens is 1010 g/mol. The van der Waals surface area contributed by atoms with Crippen LogP contribution in [0.25, 0.3) is 0 Å². The number of allylic oxidation sites excluding steroid dienone is 4. The molecule has 0 aliphatic carbocycles. The quantitative estimate of drug-likeness (QED) is 0.0320. The molecule has 1 amide bonds. The van der Waals surface area contributed by atoms with Gasteiger partial charge in [-0.3, -0.25) is 9.59 Å². The zero-order valence-corrected chi connectivity index (χ0v) is 55.8. The SMILES string of the molecule is CCCCCCCCCCCCCCCCCCCCC(=O)OCCCCCCCCCCC/C=C\C/C=C\CCCCCCCCCCCCCCCC(=O)NC(CO)C(O)CCCCCCCCCCCCCCCCCCCC. The maximum absolute atomic E-state index is 12.5. The van der Waals surface area contributed by atoms with Gasteiger partial charge in [0.05, 0.1) is 25.4 Å². The molecular formula is C76H147NO5. The summed E-state index contributed by atoms with van der Waals surface area (Å²) in [5.41, 5.74) is 0. The van der Waals surface area contributed by atoms with Crippen molar-refractivity contribution >= 4 is 11.9 Å². The van der Waals surface area contributed by atoms with Gasteiger partial charge >= 0.3 is 5.97 Å². The third-order valence-corrected chi connectivity index (χ3v) is 17.8. The number of hydrogen-bond acceptors (Lipinski definition) is 5. The third-order valence-electron chi connectivity index (χ3n) is 17.8. The highest BCUT2D eigenvalue weighted by Crippen LogP contribution is 2.19. The van der Waals surface area contributed by atoms with Crippen molar-refractivity contribution in [1.29, 1.82) is 0 Å². The van der Waals surface area contributed by atoms with Gasteiger partial charge in [0, 0.05) is 12.8 Å². The van der Waals surface area contributed by atoms with Crippen molar-refractivity contribution < 1.29 is 24.5 Å². The second-order valence-corrected chi connectivity index (χ2v) is 26.0. The molecule has 0 rings (SSSR count). The molecule has 6 heteroatoms. The Labute approximate surface area is 513 Å². The van der Waals surface area contributed by atoms with Gasteiger partial charge in [-0.05, 0) is 57.8 Å². The van der Waals surface area contributed by atoms with Crippen molar-refractivity contribution in [3.63, 3.8) is 0 Å². The van der Waals surface area contributed by atoms with Crippen LogP contribution in [0.2, 0.25) is 0 Å². The van der Waals surface area contributed by atoms with Crippen molar-refractivity contribution in [3.8, 4) is 0 Å². The Hall–Kier alpha value is -1.66.